The van der Waals surface area contributed by atoms with Crippen molar-refractivity contribution in [1.82, 2.24) is 15.6 Å². The van der Waals surface area contributed by atoms with Crippen LogP contribution in [0.2, 0.25) is 0 Å². The predicted molar refractivity (Wildman–Crippen MR) is 151 cm³/mol. The Kier molecular flexibility index (Phi) is 7.42. The van der Waals surface area contributed by atoms with E-state index in [0.717, 1.165) is 21.8 Å². The first-order valence-electron chi connectivity index (χ1n) is 11.8. The van der Waals surface area contributed by atoms with Crippen LogP contribution in [0.1, 0.15) is 25.6 Å². The van der Waals surface area contributed by atoms with Gasteiger partial charge in [-0.15, -0.1) is 0 Å². The van der Waals surface area contributed by atoms with Gasteiger partial charge < -0.3 is 15.4 Å². The quantitative estimate of drug-likeness (QED) is 0.285. The number of hydrogen-bond donors (Lipinski definition) is 3. The summed E-state index contributed by atoms with van der Waals surface area (Å²) in [6.07, 6.45) is 7.28. The number of carbonyl (C=O) groups is 2. The summed E-state index contributed by atoms with van der Waals surface area (Å²) in [6, 6.07) is 25.6. The molecule has 7 nitrogen and oxygen atoms in total. The summed E-state index contributed by atoms with van der Waals surface area (Å²) in [5.74, 6) is 0.274. The minimum atomic E-state index is -0.241. The molecule has 0 saturated carbocycles. The van der Waals surface area contributed by atoms with Crippen molar-refractivity contribution in [2.24, 2.45) is 0 Å². The Morgan fingerprint density at radius 2 is 1.47 bits per heavy atom. The highest BCUT2D eigenvalue weighted by atomic mass is 32.1. The molecule has 188 valence electrons. The first kappa shape index (κ1) is 24.7. The average molecular weight is 521 g/mol. The second-order valence-corrected chi connectivity index (χ2v) is 9.26. The normalized spacial score (nSPS) is 12.4. The van der Waals surface area contributed by atoms with Gasteiger partial charge in [-0.05, 0) is 66.3 Å². The van der Waals surface area contributed by atoms with Crippen molar-refractivity contribution < 1.29 is 14.3 Å². The van der Waals surface area contributed by atoms with E-state index in [4.69, 9.17) is 9.72 Å². The summed E-state index contributed by atoms with van der Waals surface area (Å²) in [5.41, 5.74) is 4.07. The largest absolute Gasteiger partial charge is 0.497 e. The van der Waals surface area contributed by atoms with E-state index in [-0.39, 0.29) is 11.8 Å². The number of aromatic nitrogens is 1. The van der Waals surface area contributed by atoms with Crippen molar-refractivity contribution in [2.45, 2.75) is 0 Å². The molecule has 2 heterocycles. The molecule has 1 aliphatic rings. The van der Waals surface area contributed by atoms with Crippen LogP contribution in [-0.4, -0.2) is 23.9 Å². The smallest absolute Gasteiger partial charge is 0.257 e. The molecular weight excluding hydrogens is 496 g/mol. The number of amides is 2. The number of anilines is 1. The van der Waals surface area contributed by atoms with E-state index in [2.05, 4.69) is 16.0 Å². The molecule has 0 bridgehead atoms. The van der Waals surface area contributed by atoms with Crippen LogP contribution in [0.15, 0.2) is 115 Å². The second kappa shape index (κ2) is 11.4. The third kappa shape index (κ3) is 5.71. The van der Waals surface area contributed by atoms with E-state index in [1.807, 2.05) is 72.8 Å². The van der Waals surface area contributed by atoms with E-state index in [0.29, 0.717) is 27.6 Å². The maximum absolute atomic E-state index is 12.8. The van der Waals surface area contributed by atoms with Gasteiger partial charge in [0.2, 0.25) is 0 Å². The fourth-order valence-corrected chi connectivity index (χ4v) is 4.79. The lowest BCUT2D eigenvalue weighted by atomic mass is 10.1. The van der Waals surface area contributed by atoms with Crippen LogP contribution in [0.4, 0.5) is 5.13 Å². The van der Waals surface area contributed by atoms with Crippen LogP contribution in [-0.2, 0) is 0 Å². The second-order valence-electron chi connectivity index (χ2n) is 8.26. The molecule has 1 aromatic heterocycles. The Bertz CT molecular complexity index is 1540. The molecule has 38 heavy (non-hydrogen) atoms. The summed E-state index contributed by atoms with van der Waals surface area (Å²) < 4.78 is 5.31. The summed E-state index contributed by atoms with van der Waals surface area (Å²) in [5, 5.41) is 9.41. The molecule has 0 saturated heterocycles. The molecule has 3 N–H and O–H groups in total. The van der Waals surface area contributed by atoms with Gasteiger partial charge in [-0.25, -0.2) is 4.98 Å². The SMILES string of the molecule is COc1ccc(-c2nc(NC(=O)c3ccccc3)sc2C2=CC(NC(=O)c3ccccc3)=CNC=C2)cc1. The molecule has 0 radical (unpaired) electrons. The molecule has 0 fully saturated rings. The van der Waals surface area contributed by atoms with Gasteiger partial charge in [-0.3, -0.25) is 14.9 Å². The van der Waals surface area contributed by atoms with Gasteiger partial charge in [0.1, 0.15) is 5.75 Å². The van der Waals surface area contributed by atoms with E-state index in [9.17, 15) is 9.59 Å². The highest BCUT2D eigenvalue weighted by Gasteiger charge is 2.19. The lowest BCUT2D eigenvalue weighted by molar-refractivity contribution is 0.0966. The van der Waals surface area contributed by atoms with Crippen LogP contribution in [0.3, 0.4) is 0 Å². The van der Waals surface area contributed by atoms with Crippen LogP contribution < -0.4 is 20.7 Å². The number of allylic oxidation sites excluding steroid dienone is 3. The number of methoxy groups -OCH3 is 1. The Balaban J connectivity index is 1.50. The van der Waals surface area contributed by atoms with Gasteiger partial charge in [0.25, 0.3) is 11.8 Å². The minimum Gasteiger partial charge on any atom is -0.497 e. The molecule has 4 aromatic rings. The zero-order valence-electron chi connectivity index (χ0n) is 20.5. The summed E-state index contributed by atoms with van der Waals surface area (Å²) in [4.78, 5) is 31.2. The molecule has 2 amide bonds. The average Bonchev–Trinajstić information content (AvgIpc) is 3.24. The topological polar surface area (TPSA) is 92.3 Å². The van der Waals surface area contributed by atoms with Crippen LogP contribution >= 0.6 is 11.3 Å². The molecule has 0 aliphatic carbocycles. The Morgan fingerprint density at radius 1 is 0.842 bits per heavy atom. The van der Waals surface area contributed by atoms with Gasteiger partial charge in [0.05, 0.1) is 23.4 Å². The van der Waals surface area contributed by atoms with Crippen molar-refractivity contribution in [3.05, 3.63) is 131 Å². The van der Waals surface area contributed by atoms with Gasteiger partial charge in [-0.1, -0.05) is 47.7 Å². The fourth-order valence-electron chi connectivity index (χ4n) is 3.81. The molecule has 0 atom stereocenters. The lowest BCUT2D eigenvalue weighted by Crippen LogP contribution is -2.22. The van der Waals surface area contributed by atoms with Crippen LogP contribution in [0.5, 0.6) is 5.75 Å². The zero-order valence-corrected chi connectivity index (χ0v) is 21.3. The first-order chi connectivity index (χ1) is 18.6. The highest BCUT2D eigenvalue weighted by molar-refractivity contribution is 7.17. The maximum Gasteiger partial charge on any atom is 0.257 e. The number of benzene rings is 3. The Labute approximate surface area is 224 Å². The molecule has 1 aliphatic heterocycles. The Hall–Kier alpha value is -4.95. The van der Waals surface area contributed by atoms with Crippen molar-refractivity contribution in [1.29, 1.82) is 0 Å². The van der Waals surface area contributed by atoms with E-state index in [1.165, 1.54) is 11.3 Å². The number of thiazole rings is 1. The monoisotopic (exact) mass is 520 g/mol. The standard InChI is InChI=1S/C30H24N4O3S/c1-37-25-14-12-20(13-15-25)26-27(38-30(33-26)34-29(36)22-10-6-3-7-11-22)23-16-17-31-19-24(18-23)32-28(35)21-8-4-2-5-9-21/h2-19,31H,1H3,(H,32,35)(H,33,34,36). The minimum absolute atomic E-state index is 0.216. The van der Waals surface area contributed by atoms with E-state index >= 15 is 0 Å². The van der Waals surface area contributed by atoms with Crippen molar-refractivity contribution in [3.63, 3.8) is 0 Å². The van der Waals surface area contributed by atoms with E-state index < -0.39 is 0 Å². The summed E-state index contributed by atoms with van der Waals surface area (Å²) in [7, 11) is 1.62. The van der Waals surface area contributed by atoms with Gasteiger partial charge >= 0.3 is 0 Å². The van der Waals surface area contributed by atoms with Crippen molar-refractivity contribution in [3.8, 4) is 17.0 Å². The number of nitrogens with zero attached hydrogens (tertiary/aromatic N) is 1. The number of carbonyl (C=O) groups excluding carboxylic acids is 2. The first-order valence-corrected chi connectivity index (χ1v) is 12.7. The molecular formula is C30H24N4O3S. The van der Waals surface area contributed by atoms with Gasteiger partial charge in [0.15, 0.2) is 5.13 Å². The predicted octanol–water partition coefficient (Wildman–Crippen LogP) is 5.84. The zero-order chi connectivity index (χ0) is 26.3. The molecule has 0 unspecified atom stereocenters. The number of hydrogen-bond acceptors (Lipinski definition) is 6. The number of ether oxygens (including phenoxy) is 1. The maximum atomic E-state index is 12.8. The number of nitrogens with one attached hydrogen (secondary N) is 3. The third-order valence-electron chi connectivity index (χ3n) is 5.71. The highest BCUT2D eigenvalue weighted by Crippen LogP contribution is 2.38. The van der Waals surface area contributed by atoms with Crippen molar-refractivity contribution in [2.75, 3.05) is 12.4 Å². The number of rotatable bonds is 7. The fraction of sp³-hybridized carbons (Fsp3) is 0.0333. The lowest BCUT2D eigenvalue weighted by Gasteiger charge is -2.08. The third-order valence-corrected chi connectivity index (χ3v) is 6.73. The Morgan fingerprint density at radius 3 is 2.11 bits per heavy atom. The summed E-state index contributed by atoms with van der Waals surface area (Å²) >= 11 is 1.36. The van der Waals surface area contributed by atoms with E-state index in [1.54, 1.807) is 43.8 Å². The van der Waals surface area contributed by atoms with Crippen molar-refractivity contribution >= 4 is 33.9 Å². The molecule has 5 rings (SSSR count). The van der Waals surface area contributed by atoms with Gasteiger partial charge in [0, 0.05) is 29.1 Å². The van der Waals surface area contributed by atoms with Gasteiger partial charge in [-0.2, -0.15) is 0 Å². The van der Waals surface area contributed by atoms with Crippen LogP contribution in [0.25, 0.3) is 16.8 Å². The van der Waals surface area contributed by atoms with Crippen LogP contribution in [0, 0.1) is 0 Å². The molecule has 0 spiro atoms. The molecule has 3 aromatic carbocycles. The summed E-state index contributed by atoms with van der Waals surface area (Å²) in [6.45, 7) is 0. The molecule has 8 heteroatoms.